The van der Waals surface area contributed by atoms with Crippen molar-refractivity contribution in [2.45, 2.75) is 6.61 Å². The third kappa shape index (κ3) is 3.37. The Morgan fingerprint density at radius 2 is 1.65 bits per heavy atom. The molecule has 108 valence electrons. The lowest BCUT2D eigenvalue weighted by Crippen LogP contribution is -1.98. The smallest absolute Gasteiger partial charge is 0.203 e. The highest BCUT2D eigenvalue weighted by atomic mass is 79.9. The summed E-state index contributed by atoms with van der Waals surface area (Å²) in [6.45, 7) is 0.495. The van der Waals surface area contributed by atoms with Gasteiger partial charge in [-0.2, -0.15) is 0 Å². The van der Waals surface area contributed by atoms with E-state index in [4.69, 9.17) is 18.9 Å². The molecule has 0 amide bonds. The fourth-order valence-electron chi connectivity index (χ4n) is 1.72. The van der Waals surface area contributed by atoms with Crippen LogP contribution in [0.25, 0.3) is 0 Å². The molecule has 0 bridgehead atoms. The van der Waals surface area contributed by atoms with Crippen molar-refractivity contribution in [3.63, 3.8) is 0 Å². The molecule has 0 radical (unpaired) electrons. The summed E-state index contributed by atoms with van der Waals surface area (Å²) in [6, 6.07) is 7.58. The van der Waals surface area contributed by atoms with Gasteiger partial charge in [0.05, 0.1) is 25.1 Å². The molecule has 2 rings (SSSR count). The third-order valence-electron chi connectivity index (χ3n) is 2.65. The number of thiophene rings is 1. The van der Waals surface area contributed by atoms with Gasteiger partial charge >= 0.3 is 0 Å². The van der Waals surface area contributed by atoms with Crippen LogP contribution in [0, 0.1) is 0 Å². The SMILES string of the molecule is COc1cc(OCc2ccc(Br)s2)cc(OC)c1OC. The Balaban J connectivity index is 2.19. The molecule has 0 atom stereocenters. The third-order valence-corrected chi connectivity index (χ3v) is 4.25. The van der Waals surface area contributed by atoms with Gasteiger partial charge in [-0.1, -0.05) is 0 Å². The van der Waals surface area contributed by atoms with Crippen LogP contribution in [0.3, 0.4) is 0 Å². The number of hydrogen-bond donors (Lipinski definition) is 0. The molecule has 0 fully saturated rings. The minimum absolute atomic E-state index is 0.495. The summed E-state index contributed by atoms with van der Waals surface area (Å²) in [7, 11) is 4.74. The molecule has 1 heterocycles. The predicted octanol–water partition coefficient (Wildman–Crippen LogP) is 4.12. The normalized spacial score (nSPS) is 10.2. The zero-order chi connectivity index (χ0) is 14.5. The molecule has 0 aliphatic rings. The first-order chi connectivity index (χ1) is 9.67. The second-order valence-electron chi connectivity index (χ2n) is 3.86. The van der Waals surface area contributed by atoms with E-state index in [0.29, 0.717) is 29.6 Å². The van der Waals surface area contributed by atoms with E-state index in [0.717, 1.165) is 8.66 Å². The number of halogens is 1. The molecule has 0 saturated heterocycles. The maximum atomic E-state index is 5.76. The van der Waals surface area contributed by atoms with Crippen molar-refractivity contribution in [1.29, 1.82) is 0 Å². The van der Waals surface area contributed by atoms with Gasteiger partial charge in [-0.25, -0.2) is 0 Å². The van der Waals surface area contributed by atoms with Gasteiger partial charge in [-0.05, 0) is 28.1 Å². The monoisotopic (exact) mass is 358 g/mol. The van der Waals surface area contributed by atoms with Gasteiger partial charge in [0.15, 0.2) is 11.5 Å². The Kier molecular flexibility index (Phi) is 5.14. The van der Waals surface area contributed by atoms with E-state index in [9.17, 15) is 0 Å². The molecule has 1 aromatic carbocycles. The van der Waals surface area contributed by atoms with Gasteiger partial charge in [0.25, 0.3) is 0 Å². The second-order valence-corrected chi connectivity index (χ2v) is 6.40. The van der Waals surface area contributed by atoms with Crippen LogP contribution in [0.1, 0.15) is 4.88 Å². The van der Waals surface area contributed by atoms with E-state index in [1.54, 1.807) is 44.8 Å². The van der Waals surface area contributed by atoms with E-state index in [1.807, 2.05) is 12.1 Å². The van der Waals surface area contributed by atoms with Crippen LogP contribution in [-0.4, -0.2) is 21.3 Å². The van der Waals surface area contributed by atoms with Crippen LogP contribution in [0.5, 0.6) is 23.0 Å². The van der Waals surface area contributed by atoms with Gasteiger partial charge < -0.3 is 18.9 Å². The number of ether oxygens (including phenoxy) is 4. The zero-order valence-electron chi connectivity index (χ0n) is 11.4. The highest BCUT2D eigenvalue weighted by Gasteiger charge is 2.14. The maximum Gasteiger partial charge on any atom is 0.203 e. The molecule has 0 N–H and O–H groups in total. The van der Waals surface area contributed by atoms with Gasteiger partial charge in [0.1, 0.15) is 12.4 Å². The Labute approximate surface area is 130 Å². The standard InChI is InChI=1S/C14H15BrO4S/c1-16-11-6-9(7-12(17-2)14(11)18-3)19-8-10-4-5-13(15)20-10/h4-7H,8H2,1-3H3. The molecule has 1 aromatic heterocycles. The van der Waals surface area contributed by atoms with Crippen LogP contribution in [-0.2, 0) is 6.61 Å². The first-order valence-corrected chi connectivity index (χ1v) is 7.46. The van der Waals surface area contributed by atoms with Crippen molar-refractivity contribution >= 4 is 27.3 Å². The number of benzene rings is 1. The van der Waals surface area contributed by atoms with Crippen LogP contribution < -0.4 is 18.9 Å². The lowest BCUT2D eigenvalue weighted by Gasteiger charge is -2.14. The Morgan fingerprint density at radius 3 is 2.10 bits per heavy atom. The summed E-state index contributed by atoms with van der Waals surface area (Å²) < 4.78 is 22.7. The Bertz CT molecular complexity index is 557. The molecule has 20 heavy (non-hydrogen) atoms. The van der Waals surface area contributed by atoms with Crippen LogP contribution >= 0.6 is 27.3 Å². The molecule has 0 aliphatic carbocycles. The molecule has 4 nitrogen and oxygen atoms in total. The second kappa shape index (κ2) is 6.85. The fraction of sp³-hybridized carbons (Fsp3) is 0.286. The quantitative estimate of drug-likeness (QED) is 0.778. The van der Waals surface area contributed by atoms with E-state index in [1.165, 1.54) is 0 Å². The minimum Gasteiger partial charge on any atom is -0.493 e. The van der Waals surface area contributed by atoms with E-state index < -0.39 is 0 Å². The lowest BCUT2D eigenvalue weighted by atomic mass is 10.2. The number of hydrogen-bond acceptors (Lipinski definition) is 5. The van der Waals surface area contributed by atoms with Crippen molar-refractivity contribution in [1.82, 2.24) is 0 Å². The predicted molar refractivity (Wildman–Crippen MR) is 82.4 cm³/mol. The number of methoxy groups -OCH3 is 3. The van der Waals surface area contributed by atoms with Crippen LogP contribution in [0.4, 0.5) is 0 Å². The summed E-state index contributed by atoms with van der Waals surface area (Å²) in [4.78, 5) is 1.13. The maximum absolute atomic E-state index is 5.76. The fourth-order valence-corrected chi connectivity index (χ4v) is 3.12. The van der Waals surface area contributed by atoms with Crippen molar-refractivity contribution in [2.75, 3.05) is 21.3 Å². The topological polar surface area (TPSA) is 36.9 Å². The average molecular weight is 359 g/mol. The zero-order valence-corrected chi connectivity index (χ0v) is 13.8. The largest absolute Gasteiger partial charge is 0.493 e. The lowest BCUT2D eigenvalue weighted by molar-refractivity contribution is 0.293. The Morgan fingerprint density at radius 1 is 1.00 bits per heavy atom. The van der Waals surface area contributed by atoms with E-state index >= 15 is 0 Å². The molecule has 0 unspecified atom stereocenters. The summed E-state index contributed by atoms with van der Waals surface area (Å²) in [5.41, 5.74) is 0. The van der Waals surface area contributed by atoms with Crippen molar-refractivity contribution in [2.24, 2.45) is 0 Å². The molecular formula is C14H15BrO4S. The first-order valence-electron chi connectivity index (χ1n) is 5.85. The highest BCUT2D eigenvalue weighted by Crippen LogP contribution is 2.41. The van der Waals surface area contributed by atoms with Crippen LogP contribution in [0.2, 0.25) is 0 Å². The molecule has 0 aliphatic heterocycles. The van der Waals surface area contributed by atoms with Crippen molar-refractivity contribution in [3.8, 4) is 23.0 Å². The molecule has 0 saturated carbocycles. The summed E-state index contributed by atoms with van der Waals surface area (Å²) >= 11 is 5.07. The average Bonchev–Trinajstić information content (AvgIpc) is 2.89. The van der Waals surface area contributed by atoms with Crippen molar-refractivity contribution < 1.29 is 18.9 Å². The van der Waals surface area contributed by atoms with Crippen molar-refractivity contribution in [3.05, 3.63) is 32.9 Å². The minimum atomic E-state index is 0.495. The summed E-state index contributed by atoms with van der Waals surface area (Å²) in [6.07, 6.45) is 0. The highest BCUT2D eigenvalue weighted by molar-refractivity contribution is 9.11. The van der Waals surface area contributed by atoms with Crippen LogP contribution in [0.15, 0.2) is 28.1 Å². The van der Waals surface area contributed by atoms with Gasteiger partial charge in [-0.3, -0.25) is 0 Å². The summed E-state index contributed by atoms with van der Waals surface area (Å²) in [5.74, 6) is 2.38. The van der Waals surface area contributed by atoms with E-state index in [2.05, 4.69) is 15.9 Å². The number of rotatable bonds is 6. The molecular weight excluding hydrogens is 344 g/mol. The summed E-state index contributed by atoms with van der Waals surface area (Å²) in [5, 5.41) is 0. The van der Waals surface area contributed by atoms with Gasteiger partial charge in [0, 0.05) is 17.0 Å². The Hall–Kier alpha value is -1.40. The van der Waals surface area contributed by atoms with E-state index in [-0.39, 0.29) is 0 Å². The molecule has 0 spiro atoms. The first kappa shape index (κ1) is 15.0. The van der Waals surface area contributed by atoms with Gasteiger partial charge in [-0.15, -0.1) is 11.3 Å². The molecule has 6 heteroatoms. The molecule has 2 aromatic rings. The van der Waals surface area contributed by atoms with Gasteiger partial charge in [0.2, 0.25) is 5.75 Å².